The van der Waals surface area contributed by atoms with Crippen molar-refractivity contribution >= 4 is 16.1 Å². The molecule has 2 rings (SSSR count). The number of hydrogen-bond acceptors (Lipinski definition) is 4. The zero-order valence-corrected chi connectivity index (χ0v) is 12.8. The minimum Gasteiger partial charge on any atom is -0.335 e. The van der Waals surface area contributed by atoms with Crippen molar-refractivity contribution in [3.05, 3.63) is 30.1 Å². The third-order valence-electron chi connectivity index (χ3n) is 3.41. The lowest BCUT2D eigenvalue weighted by atomic mass is 10.1. The molecule has 21 heavy (non-hydrogen) atoms. The first-order valence-corrected chi connectivity index (χ1v) is 8.69. The van der Waals surface area contributed by atoms with Gasteiger partial charge in [-0.2, -0.15) is 0 Å². The smallest absolute Gasteiger partial charge is 0.315 e. The van der Waals surface area contributed by atoms with E-state index in [1.807, 2.05) is 18.2 Å². The van der Waals surface area contributed by atoms with Gasteiger partial charge in [-0.15, -0.1) is 0 Å². The quantitative estimate of drug-likeness (QED) is 0.837. The van der Waals surface area contributed by atoms with Crippen molar-refractivity contribution in [2.24, 2.45) is 0 Å². The molecule has 1 aromatic rings. The first-order valence-electron chi connectivity index (χ1n) is 6.84. The molecule has 1 aromatic heterocycles. The molecule has 0 saturated carbocycles. The summed E-state index contributed by atoms with van der Waals surface area (Å²) in [5.41, 5.74) is 0.791. The van der Waals surface area contributed by atoms with E-state index in [1.54, 1.807) is 6.20 Å². The fraction of sp³-hybridized carbons (Fsp3) is 0.538. The van der Waals surface area contributed by atoms with E-state index in [1.165, 1.54) is 10.6 Å². The maximum absolute atomic E-state index is 11.8. The van der Waals surface area contributed by atoms with Gasteiger partial charge in [0.25, 0.3) is 0 Å². The lowest BCUT2D eigenvalue weighted by Gasteiger charge is -2.30. The number of carbonyl (C=O) groups is 1. The highest BCUT2D eigenvalue weighted by Gasteiger charge is 2.25. The molecule has 0 aromatic carbocycles. The molecule has 0 radical (unpaired) electrons. The lowest BCUT2D eigenvalue weighted by molar-refractivity contribution is 0.227. The minimum absolute atomic E-state index is 0.00623. The number of nitrogens with zero attached hydrogens (tertiary/aromatic N) is 2. The summed E-state index contributed by atoms with van der Waals surface area (Å²) in [4.78, 5) is 15.9. The van der Waals surface area contributed by atoms with Crippen molar-refractivity contribution in [3.63, 3.8) is 0 Å². The zero-order valence-electron chi connectivity index (χ0n) is 11.9. The molecule has 0 atom stereocenters. The number of carbonyl (C=O) groups excluding carboxylic acids is 1. The molecule has 1 aliphatic rings. The molecule has 0 aliphatic carbocycles. The van der Waals surface area contributed by atoms with Crippen LogP contribution in [-0.4, -0.2) is 49.1 Å². The number of aromatic nitrogens is 1. The molecule has 2 amide bonds. The van der Waals surface area contributed by atoms with Gasteiger partial charge in [0.05, 0.1) is 18.5 Å². The number of amides is 2. The van der Waals surface area contributed by atoms with E-state index in [0.29, 0.717) is 32.5 Å². The number of hydrogen-bond donors (Lipinski definition) is 2. The van der Waals surface area contributed by atoms with Gasteiger partial charge < -0.3 is 10.6 Å². The van der Waals surface area contributed by atoms with Crippen LogP contribution in [0.15, 0.2) is 24.4 Å². The van der Waals surface area contributed by atoms with E-state index in [-0.39, 0.29) is 12.1 Å². The topological polar surface area (TPSA) is 91.4 Å². The first-order chi connectivity index (χ1) is 9.95. The molecule has 1 aliphatic heterocycles. The summed E-state index contributed by atoms with van der Waals surface area (Å²) in [5.74, 6) is 0. The van der Waals surface area contributed by atoms with Gasteiger partial charge in [-0.25, -0.2) is 17.5 Å². The Hall–Kier alpha value is -1.67. The van der Waals surface area contributed by atoms with E-state index in [0.717, 1.165) is 5.69 Å². The van der Waals surface area contributed by atoms with Crippen LogP contribution in [0.1, 0.15) is 18.5 Å². The summed E-state index contributed by atoms with van der Waals surface area (Å²) >= 11 is 0. The highest BCUT2D eigenvalue weighted by Crippen LogP contribution is 2.12. The van der Waals surface area contributed by atoms with Gasteiger partial charge >= 0.3 is 6.03 Å². The summed E-state index contributed by atoms with van der Waals surface area (Å²) in [7, 11) is -3.13. The van der Waals surface area contributed by atoms with Crippen LogP contribution in [0.25, 0.3) is 0 Å². The third kappa shape index (κ3) is 4.98. The van der Waals surface area contributed by atoms with Crippen LogP contribution >= 0.6 is 0 Å². The molecule has 1 saturated heterocycles. The highest BCUT2D eigenvalue weighted by atomic mass is 32.2. The Morgan fingerprint density at radius 2 is 2.10 bits per heavy atom. The Morgan fingerprint density at radius 1 is 1.38 bits per heavy atom. The molecular formula is C13H20N4O3S. The van der Waals surface area contributed by atoms with Crippen molar-refractivity contribution < 1.29 is 13.2 Å². The standard InChI is InChI=1S/C13H20N4O3S/c1-21(19,20)17-8-5-11(6-9-17)16-13(18)15-10-12-4-2-3-7-14-12/h2-4,7,11H,5-6,8-10H2,1H3,(H2,15,16,18). The number of rotatable bonds is 4. The fourth-order valence-corrected chi connectivity index (χ4v) is 3.12. The molecule has 116 valence electrons. The van der Waals surface area contributed by atoms with Crippen molar-refractivity contribution in [1.29, 1.82) is 0 Å². The van der Waals surface area contributed by atoms with Crippen LogP contribution in [0.2, 0.25) is 0 Å². The van der Waals surface area contributed by atoms with Crippen LogP contribution in [0.5, 0.6) is 0 Å². The molecule has 2 heterocycles. The Labute approximate surface area is 124 Å². The average molecular weight is 312 g/mol. The van der Waals surface area contributed by atoms with Crippen LogP contribution in [-0.2, 0) is 16.6 Å². The van der Waals surface area contributed by atoms with Gasteiger partial charge in [0.1, 0.15) is 0 Å². The second kappa shape index (κ2) is 6.86. The van der Waals surface area contributed by atoms with Crippen molar-refractivity contribution in [2.45, 2.75) is 25.4 Å². The monoisotopic (exact) mass is 312 g/mol. The fourth-order valence-electron chi connectivity index (χ4n) is 2.24. The van der Waals surface area contributed by atoms with Crippen LogP contribution in [0.4, 0.5) is 4.79 Å². The number of piperidine rings is 1. The maximum Gasteiger partial charge on any atom is 0.315 e. The molecule has 8 heteroatoms. The number of nitrogens with one attached hydrogen (secondary N) is 2. The maximum atomic E-state index is 11.8. The second-order valence-electron chi connectivity index (χ2n) is 5.08. The van der Waals surface area contributed by atoms with Crippen LogP contribution in [0.3, 0.4) is 0 Å². The van der Waals surface area contributed by atoms with Gasteiger partial charge in [-0.05, 0) is 25.0 Å². The normalized spacial score (nSPS) is 17.4. The van der Waals surface area contributed by atoms with Crippen LogP contribution in [0, 0.1) is 0 Å². The summed E-state index contributed by atoms with van der Waals surface area (Å²) in [6, 6.07) is 5.28. The van der Waals surface area contributed by atoms with Gasteiger partial charge in [-0.3, -0.25) is 4.98 Å². The molecule has 1 fully saturated rings. The third-order valence-corrected chi connectivity index (χ3v) is 4.72. The lowest BCUT2D eigenvalue weighted by Crippen LogP contribution is -2.48. The summed E-state index contributed by atoms with van der Waals surface area (Å²) in [6.07, 6.45) is 4.14. The van der Waals surface area contributed by atoms with Gasteiger partial charge in [0.2, 0.25) is 10.0 Å². The van der Waals surface area contributed by atoms with Crippen molar-refractivity contribution in [2.75, 3.05) is 19.3 Å². The zero-order chi connectivity index (χ0) is 15.3. The second-order valence-corrected chi connectivity index (χ2v) is 7.07. The predicted molar refractivity (Wildman–Crippen MR) is 79.0 cm³/mol. The Bertz CT molecular complexity index is 568. The summed E-state index contributed by atoms with van der Waals surface area (Å²) in [5, 5.41) is 5.61. The van der Waals surface area contributed by atoms with Crippen LogP contribution < -0.4 is 10.6 Å². The Kier molecular flexibility index (Phi) is 5.13. The largest absolute Gasteiger partial charge is 0.335 e. The van der Waals surface area contributed by atoms with Gasteiger partial charge in [0.15, 0.2) is 0 Å². The number of pyridine rings is 1. The van der Waals surface area contributed by atoms with Gasteiger partial charge in [-0.1, -0.05) is 6.07 Å². The molecule has 0 bridgehead atoms. The molecule has 2 N–H and O–H groups in total. The molecular weight excluding hydrogens is 292 g/mol. The summed E-state index contributed by atoms with van der Waals surface area (Å²) < 4.78 is 24.2. The Balaban J connectivity index is 1.72. The minimum atomic E-state index is -3.13. The predicted octanol–water partition coefficient (Wildman–Crippen LogP) is 0.305. The number of urea groups is 1. The van der Waals surface area contributed by atoms with E-state index >= 15 is 0 Å². The van der Waals surface area contributed by atoms with E-state index < -0.39 is 10.0 Å². The first kappa shape index (κ1) is 15.7. The van der Waals surface area contributed by atoms with E-state index in [2.05, 4.69) is 15.6 Å². The number of sulfonamides is 1. The van der Waals surface area contributed by atoms with Crippen molar-refractivity contribution in [1.82, 2.24) is 19.9 Å². The van der Waals surface area contributed by atoms with E-state index in [9.17, 15) is 13.2 Å². The molecule has 0 unspecified atom stereocenters. The SMILES string of the molecule is CS(=O)(=O)N1CCC(NC(=O)NCc2ccccn2)CC1. The average Bonchev–Trinajstić information content (AvgIpc) is 2.46. The molecule has 0 spiro atoms. The van der Waals surface area contributed by atoms with Crippen molar-refractivity contribution in [3.8, 4) is 0 Å². The van der Waals surface area contributed by atoms with Gasteiger partial charge in [0, 0.05) is 25.3 Å². The Morgan fingerprint density at radius 3 is 2.67 bits per heavy atom. The van der Waals surface area contributed by atoms with E-state index in [4.69, 9.17) is 0 Å². The molecule has 7 nitrogen and oxygen atoms in total. The summed E-state index contributed by atoms with van der Waals surface area (Å²) in [6.45, 7) is 1.27. The highest BCUT2D eigenvalue weighted by molar-refractivity contribution is 7.88.